The highest BCUT2D eigenvalue weighted by Gasteiger charge is 2.18. The van der Waals surface area contributed by atoms with Crippen LogP contribution in [0, 0.1) is 0 Å². The van der Waals surface area contributed by atoms with Gasteiger partial charge in [0.2, 0.25) is 0 Å². The number of esters is 1. The molecule has 5 heteroatoms. The molecule has 3 aromatic carbocycles. The van der Waals surface area contributed by atoms with Gasteiger partial charge in [-0.1, -0.05) is 54.6 Å². The first-order valence-corrected chi connectivity index (χ1v) is 8.80. The molecule has 0 heterocycles. The van der Waals surface area contributed by atoms with Gasteiger partial charge in [-0.15, -0.1) is 0 Å². The number of likely N-dealkylation sites (N-methyl/N-ethyl adjacent to an activating group) is 1. The Kier molecular flexibility index (Phi) is 6.05. The van der Waals surface area contributed by atoms with Gasteiger partial charge < -0.3 is 14.4 Å². The first-order chi connectivity index (χ1) is 13.2. The minimum atomic E-state index is -0.582. The summed E-state index contributed by atoms with van der Waals surface area (Å²) in [7, 11) is 0. The predicted molar refractivity (Wildman–Crippen MR) is 105 cm³/mol. The van der Waals surface area contributed by atoms with E-state index >= 15 is 0 Å². The predicted octanol–water partition coefficient (Wildman–Crippen LogP) is 3.81. The van der Waals surface area contributed by atoms with Crippen LogP contribution >= 0.6 is 0 Å². The number of benzene rings is 3. The van der Waals surface area contributed by atoms with Gasteiger partial charge in [0.1, 0.15) is 5.75 Å². The summed E-state index contributed by atoms with van der Waals surface area (Å²) in [5.41, 5.74) is 0.803. The van der Waals surface area contributed by atoms with Gasteiger partial charge in [0.15, 0.2) is 13.2 Å². The molecule has 0 spiro atoms. The van der Waals surface area contributed by atoms with Crippen LogP contribution in [0.5, 0.6) is 5.75 Å². The first kappa shape index (κ1) is 18.5. The fraction of sp³-hybridized carbons (Fsp3) is 0.182. The Hall–Kier alpha value is -3.34. The molecule has 0 saturated carbocycles. The smallest absolute Gasteiger partial charge is 0.344 e. The lowest BCUT2D eigenvalue weighted by atomic mass is 10.1. The van der Waals surface area contributed by atoms with Crippen LogP contribution < -0.4 is 9.64 Å². The third-order valence-corrected chi connectivity index (χ3v) is 4.13. The Bertz CT molecular complexity index is 919. The minimum absolute atomic E-state index is 0.238. The lowest BCUT2D eigenvalue weighted by molar-refractivity contribution is -0.149. The second-order valence-electron chi connectivity index (χ2n) is 5.90. The van der Waals surface area contributed by atoms with Gasteiger partial charge in [0, 0.05) is 11.9 Å². The maximum Gasteiger partial charge on any atom is 0.344 e. The summed E-state index contributed by atoms with van der Waals surface area (Å²) in [6, 6.07) is 22.6. The highest BCUT2D eigenvalue weighted by Crippen LogP contribution is 2.26. The Balaban J connectivity index is 1.61. The van der Waals surface area contributed by atoms with Crippen LogP contribution in [0.1, 0.15) is 6.92 Å². The summed E-state index contributed by atoms with van der Waals surface area (Å²) in [6.07, 6.45) is 0. The van der Waals surface area contributed by atoms with E-state index in [2.05, 4.69) is 0 Å². The van der Waals surface area contributed by atoms with Crippen LogP contribution in [-0.4, -0.2) is 31.6 Å². The highest BCUT2D eigenvalue weighted by molar-refractivity contribution is 6.04. The summed E-state index contributed by atoms with van der Waals surface area (Å²) in [5, 5.41) is 2.03. The molecule has 27 heavy (non-hydrogen) atoms. The van der Waals surface area contributed by atoms with Crippen LogP contribution in [0.2, 0.25) is 0 Å². The molecule has 0 unspecified atom stereocenters. The van der Waals surface area contributed by atoms with Crippen molar-refractivity contribution in [1.82, 2.24) is 0 Å². The monoisotopic (exact) mass is 363 g/mol. The number of anilines is 1. The zero-order chi connectivity index (χ0) is 19.1. The van der Waals surface area contributed by atoms with E-state index in [1.807, 2.05) is 67.6 Å². The number of fused-ring (bicyclic) bond motifs is 1. The molecule has 0 saturated heterocycles. The third-order valence-electron chi connectivity index (χ3n) is 4.13. The van der Waals surface area contributed by atoms with Gasteiger partial charge in [-0.25, -0.2) is 4.79 Å². The summed E-state index contributed by atoms with van der Waals surface area (Å²) < 4.78 is 10.4. The molecule has 3 aromatic rings. The molecular weight excluding hydrogens is 342 g/mol. The van der Waals surface area contributed by atoms with Crippen molar-refractivity contribution in [2.45, 2.75) is 6.92 Å². The lowest BCUT2D eigenvalue weighted by Crippen LogP contribution is -2.35. The summed E-state index contributed by atoms with van der Waals surface area (Å²) in [5.74, 6) is -0.283. The molecule has 0 bridgehead atoms. The topological polar surface area (TPSA) is 55.8 Å². The fourth-order valence-electron chi connectivity index (χ4n) is 2.85. The van der Waals surface area contributed by atoms with Crippen molar-refractivity contribution in [3.05, 3.63) is 72.8 Å². The van der Waals surface area contributed by atoms with Gasteiger partial charge in [0.05, 0.1) is 5.69 Å². The van der Waals surface area contributed by atoms with Crippen molar-refractivity contribution in [3.8, 4) is 5.75 Å². The summed E-state index contributed by atoms with van der Waals surface area (Å²) in [4.78, 5) is 26.1. The largest absolute Gasteiger partial charge is 0.482 e. The van der Waals surface area contributed by atoms with Gasteiger partial charge in [-0.3, -0.25) is 4.79 Å². The number of carbonyl (C=O) groups is 2. The van der Waals surface area contributed by atoms with E-state index in [-0.39, 0.29) is 19.1 Å². The van der Waals surface area contributed by atoms with Gasteiger partial charge in [-0.05, 0) is 30.5 Å². The van der Waals surface area contributed by atoms with Gasteiger partial charge >= 0.3 is 5.97 Å². The maximum atomic E-state index is 12.6. The molecule has 138 valence electrons. The highest BCUT2D eigenvalue weighted by atomic mass is 16.6. The molecular formula is C22H21NO4. The standard InChI is InChI=1S/C22H21NO4/c1-2-23(20-14-8-10-17-9-6-7-13-19(17)20)21(24)15-27-22(25)16-26-18-11-4-3-5-12-18/h3-14H,2,15-16H2,1H3. The van der Waals surface area contributed by atoms with Crippen molar-refractivity contribution in [2.24, 2.45) is 0 Å². The number of nitrogens with zero attached hydrogens (tertiary/aromatic N) is 1. The second-order valence-corrected chi connectivity index (χ2v) is 5.90. The quantitative estimate of drug-likeness (QED) is 0.599. The van der Waals surface area contributed by atoms with Crippen molar-refractivity contribution >= 4 is 28.3 Å². The minimum Gasteiger partial charge on any atom is -0.482 e. The number of ether oxygens (including phenoxy) is 2. The van der Waals surface area contributed by atoms with Crippen molar-refractivity contribution in [2.75, 3.05) is 24.7 Å². The number of rotatable bonds is 7. The Labute approximate surface area is 158 Å². The number of hydrogen-bond acceptors (Lipinski definition) is 4. The number of carbonyl (C=O) groups excluding carboxylic acids is 2. The Morgan fingerprint density at radius 3 is 2.33 bits per heavy atom. The van der Waals surface area contributed by atoms with Crippen LogP contribution in [0.15, 0.2) is 72.8 Å². The van der Waals surface area contributed by atoms with Gasteiger partial charge in [-0.2, -0.15) is 0 Å². The average Bonchev–Trinajstić information content (AvgIpc) is 2.72. The van der Waals surface area contributed by atoms with Crippen molar-refractivity contribution in [3.63, 3.8) is 0 Å². The zero-order valence-corrected chi connectivity index (χ0v) is 15.1. The average molecular weight is 363 g/mol. The first-order valence-electron chi connectivity index (χ1n) is 8.80. The number of para-hydroxylation sites is 1. The fourth-order valence-corrected chi connectivity index (χ4v) is 2.85. The van der Waals surface area contributed by atoms with Crippen LogP contribution in [-0.2, 0) is 14.3 Å². The molecule has 0 aliphatic heterocycles. The summed E-state index contributed by atoms with van der Waals surface area (Å²) in [6.45, 7) is 1.80. The molecule has 0 radical (unpaired) electrons. The maximum absolute atomic E-state index is 12.6. The van der Waals surface area contributed by atoms with E-state index in [4.69, 9.17) is 9.47 Å². The number of amides is 1. The molecule has 0 aromatic heterocycles. The molecule has 0 aliphatic rings. The molecule has 3 rings (SSSR count). The lowest BCUT2D eigenvalue weighted by Gasteiger charge is -2.22. The van der Waals surface area contributed by atoms with Crippen molar-refractivity contribution in [1.29, 1.82) is 0 Å². The van der Waals surface area contributed by atoms with Crippen molar-refractivity contribution < 1.29 is 19.1 Å². The second kappa shape index (κ2) is 8.85. The summed E-state index contributed by atoms with van der Waals surface area (Å²) >= 11 is 0. The van der Waals surface area contributed by atoms with Crippen LogP contribution in [0.3, 0.4) is 0 Å². The van der Waals surface area contributed by atoms with E-state index in [0.29, 0.717) is 12.3 Å². The Morgan fingerprint density at radius 1 is 0.852 bits per heavy atom. The molecule has 0 aliphatic carbocycles. The third kappa shape index (κ3) is 4.64. The van der Waals surface area contributed by atoms with Gasteiger partial charge in [0.25, 0.3) is 5.91 Å². The normalized spacial score (nSPS) is 10.4. The van der Waals surface area contributed by atoms with E-state index in [0.717, 1.165) is 16.5 Å². The zero-order valence-electron chi connectivity index (χ0n) is 15.1. The van der Waals surface area contributed by atoms with Crippen LogP contribution in [0.25, 0.3) is 10.8 Å². The Morgan fingerprint density at radius 2 is 1.56 bits per heavy atom. The molecule has 1 amide bonds. The van der Waals surface area contributed by atoms with E-state index in [1.165, 1.54) is 0 Å². The molecule has 0 N–H and O–H groups in total. The van der Waals surface area contributed by atoms with Crippen LogP contribution in [0.4, 0.5) is 5.69 Å². The SMILES string of the molecule is CCN(C(=O)COC(=O)COc1ccccc1)c1cccc2ccccc12. The molecule has 0 fully saturated rings. The number of hydrogen-bond donors (Lipinski definition) is 0. The van der Waals surface area contributed by atoms with E-state index < -0.39 is 5.97 Å². The van der Waals surface area contributed by atoms with E-state index in [9.17, 15) is 9.59 Å². The molecule has 0 atom stereocenters. The molecule has 5 nitrogen and oxygen atoms in total. The van der Waals surface area contributed by atoms with E-state index in [1.54, 1.807) is 17.0 Å².